The molecule has 0 spiro atoms. The Kier molecular flexibility index (Phi) is 52.7. The normalized spacial score (nSPS) is 13.7. The van der Waals surface area contributed by atoms with E-state index in [-0.39, 0.29) is 25.9 Å². The lowest BCUT2D eigenvalue weighted by Gasteiger charge is -2.21. The van der Waals surface area contributed by atoms with E-state index in [2.05, 4.69) is 69.4 Å². The summed E-state index contributed by atoms with van der Waals surface area (Å²) in [6.45, 7) is 4.55. The predicted molar refractivity (Wildman–Crippen MR) is 298 cm³/mol. The van der Waals surface area contributed by atoms with Gasteiger partial charge in [0.15, 0.2) is 6.10 Å². The standard InChI is InChI=1S/C60H109O11P/c1-4-7-10-13-16-19-22-25-26-27-28-29-30-33-36-39-42-45-48-51-60(64)71-57(53-67-58(62)49-46-43-40-37-34-31-23-20-17-14-11-8-5-2)55-69-72(65,66)68-54-56(52-61)70-59(63)50-47-44-41-38-35-32-24-21-18-15-12-9-6-3/h7,10,16,19,25-26,28-29,56-57,61H,4-6,8-9,11-15,17-18,20-24,27,30-55H2,1-3H3,(H,65,66)/b10-7-,19-16-,26-25-,29-28-. The van der Waals surface area contributed by atoms with Crippen molar-refractivity contribution in [1.82, 2.24) is 0 Å². The van der Waals surface area contributed by atoms with Gasteiger partial charge in [0.2, 0.25) is 0 Å². The Morgan fingerprint density at radius 3 is 1.11 bits per heavy atom. The number of rotatable bonds is 55. The van der Waals surface area contributed by atoms with Crippen LogP contribution in [0.15, 0.2) is 48.6 Å². The Labute approximate surface area is 441 Å². The molecule has 12 heteroatoms. The molecule has 3 atom stereocenters. The van der Waals surface area contributed by atoms with E-state index < -0.39 is 57.8 Å². The summed E-state index contributed by atoms with van der Waals surface area (Å²) in [5.41, 5.74) is 0. The summed E-state index contributed by atoms with van der Waals surface area (Å²) < 4.78 is 39.5. The van der Waals surface area contributed by atoms with E-state index in [0.717, 1.165) is 103 Å². The van der Waals surface area contributed by atoms with Crippen molar-refractivity contribution in [3.63, 3.8) is 0 Å². The van der Waals surface area contributed by atoms with E-state index in [9.17, 15) is 28.9 Å². The van der Waals surface area contributed by atoms with Gasteiger partial charge in [-0.2, -0.15) is 0 Å². The van der Waals surface area contributed by atoms with Crippen LogP contribution in [0.5, 0.6) is 0 Å². The second kappa shape index (κ2) is 54.7. The molecular formula is C60H109O11P. The first kappa shape index (κ1) is 69.4. The first-order chi connectivity index (χ1) is 35.2. The Morgan fingerprint density at radius 1 is 0.403 bits per heavy atom. The quantitative estimate of drug-likeness (QED) is 0.0197. The average Bonchev–Trinajstić information content (AvgIpc) is 3.37. The van der Waals surface area contributed by atoms with Gasteiger partial charge in [0.1, 0.15) is 12.7 Å². The van der Waals surface area contributed by atoms with Crippen LogP contribution in [0.4, 0.5) is 0 Å². The van der Waals surface area contributed by atoms with Crippen LogP contribution in [0, 0.1) is 0 Å². The molecule has 72 heavy (non-hydrogen) atoms. The number of aliphatic hydroxyl groups is 1. The number of allylic oxidation sites excluding steroid dienone is 8. The molecule has 11 nitrogen and oxygen atoms in total. The fraction of sp³-hybridized carbons (Fsp3) is 0.817. The van der Waals surface area contributed by atoms with Crippen molar-refractivity contribution < 1.29 is 52.2 Å². The highest BCUT2D eigenvalue weighted by molar-refractivity contribution is 7.47. The number of esters is 3. The third-order valence-corrected chi connectivity index (χ3v) is 13.7. The third kappa shape index (κ3) is 52.3. The minimum absolute atomic E-state index is 0.154. The van der Waals surface area contributed by atoms with E-state index in [0.29, 0.717) is 19.3 Å². The van der Waals surface area contributed by atoms with Crippen LogP contribution in [-0.4, -0.2) is 66.5 Å². The number of aliphatic hydroxyl groups excluding tert-OH is 1. The molecule has 0 aliphatic carbocycles. The zero-order valence-corrected chi connectivity index (χ0v) is 47.3. The number of carbonyl (C=O) groups is 3. The van der Waals surface area contributed by atoms with Gasteiger partial charge >= 0.3 is 25.7 Å². The summed E-state index contributed by atoms with van der Waals surface area (Å²) in [4.78, 5) is 48.5. The van der Waals surface area contributed by atoms with E-state index in [1.165, 1.54) is 116 Å². The van der Waals surface area contributed by atoms with Gasteiger partial charge in [-0.05, 0) is 57.8 Å². The van der Waals surface area contributed by atoms with Crippen molar-refractivity contribution in [2.75, 3.05) is 26.4 Å². The van der Waals surface area contributed by atoms with Crippen LogP contribution in [0.25, 0.3) is 0 Å². The maximum atomic E-state index is 12.9. The van der Waals surface area contributed by atoms with Crippen molar-refractivity contribution in [2.45, 2.75) is 290 Å². The number of carbonyl (C=O) groups excluding carboxylic acids is 3. The molecule has 0 amide bonds. The van der Waals surface area contributed by atoms with Gasteiger partial charge in [0, 0.05) is 19.3 Å². The minimum Gasteiger partial charge on any atom is -0.462 e. The lowest BCUT2D eigenvalue weighted by molar-refractivity contribution is -0.161. The maximum Gasteiger partial charge on any atom is 0.472 e. The molecule has 420 valence electrons. The van der Waals surface area contributed by atoms with Gasteiger partial charge in [0.05, 0.1) is 19.8 Å². The molecule has 0 radical (unpaired) electrons. The van der Waals surface area contributed by atoms with E-state index in [1.807, 2.05) is 0 Å². The maximum absolute atomic E-state index is 12.9. The van der Waals surface area contributed by atoms with Gasteiger partial charge in [-0.3, -0.25) is 23.4 Å². The van der Waals surface area contributed by atoms with Crippen LogP contribution < -0.4 is 0 Å². The van der Waals surface area contributed by atoms with Gasteiger partial charge < -0.3 is 24.2 Å². The summed E-state index contributed by atoms with van der Waals surface area (Å²) >= 11 is 0. The molecule has 0 fully saturated rings. The molecule has 0 bridgehead atoms. The van der Waals surface area contributed by atoms with Crippen molar-refractivity contribution >= 4 is 25.7 Å². The highest BCUT2D eigenvalue weighted by Gasteiger charge is 2.28. The van der Waals surface area contributed by atoms with Crippen molar-refractivity contribution in [1.29, 1.82) is 0 Å². The monoisotopic (exact) mass is 1040 g/mol. The lowest BCUT2D eigenvalue weighted by Crippen LogP contribution is -2.30. The van der Waals surface area contributed by atoms with Gasteiger partial charge in [-0.25, -0.2) is 4.57 Å². The highest BCUT2D eigenvalue weighted by atomic mass is 31.2. The highest BCUT2D eigenvalue weighted by Crippen LogP contribution is 2.43. The number of hydrogen-bond acceptors (Lipinski definition) is 10. The Bertz CT molecular complexity index is 1400. The van der Waals surface area contributed by atoms with Crippen LogP contribution in [0.3, 0.4) is 0 Å². The van der Waals surface area contributed by atoms with Crippen molar-refractivity contribution in [2.24, 2.45) is 0 Å². The van der Waals surface area contributed by atoms with E-state index in [4.69, 9.17) is 23.3 Å². The molecule has 0 rings (SSSR count). The number of unbranched alkanes of at least 4 members (excludes halogenated alkanes) is 30. The first-order valence-corrected chi connectivity index (χ1v) is 31.0. The van der Waals surface area contributed by atoms with Crippen LogP contribution in [0.1, 0.15) is 278 Å². The molecule has 2 N–H and O–H groups in total. The molecular weight excluding hydrogens is 928 g/mol. The van der Waals surface area contributed by atoms with Crippen LogP contribution in [0.2, 0.25) is 0 Å². The molecule has 0 aromatic rings. The van der Waals surface area contributed by atoms with Crippen molar-refractivity contribution in [3.8, 4) is 0 Å². The molecule has 0 saturated heterocycles. The number of phosphoric acid groups is 1. The predicted octanol–water partition coefficient (Wildman–Crippen LogP) is 17.4. The largest absolute Gasteiger partial charge is 0.472 e. The fourth-order valence-corrected chi connectivity index (χ4v) is 9.07. The van der Waals surface area contributed by atoms with Crippen molar-refractivity contribution in [3.05, 3.63) is 48.6 Å². The molecule has 0 aliphatic rings. The molecule has 0 heterocycles. The second-order valence-corrected chi connectivity index (χ2v) is 21.2. The van der Waals surface area contributed by atoms with Gasteiger partial charge in [-0.1, -0.05) is 249 Å². The number of hydrogen-bond donors (Lipinski definition) is 2. The smallest absolute Gasteiger partial charge is 0.462 e. The minimum atomic E-state index is -4.75. The molecule has 0 aliphatic heterocycles. The summed E-state index contributed by atoms with van der Waals surface area (Å²) in [7, 11) is -4.75. The SMILES string of the molecule is CC/C=C\C/C=C\C/C=C\C/C=C\CCCCCCCCC(=O)OC(COC(=O)CCCCCCCCCCCCCCC)COP(=O)(O)OCC(CO)OC(=O)CCCCCCCCCCCCCCC. The second-order valence-electron chi connectivity index (χ2n) is 19.8. The zero-order valence-electron chi connectivity index (χ0n) is 46.4. The fourth-order valence-electron chi connectivity index (χ4n) is 8.29. The van der Waals surface area contributed by atoms with Gasteiger partial charge in [0.25, 0.3) is 0 Å². The van der Waals surface area contributed by atoms with E-state index in [1.54, 1.807) is 0 Å². The van der Waals surface area contributed by atoms with Gasteiger partial charge in [-0.15, -0.1) is 0 Å². The topological polar surface area (TPSA) is 155 Å². The Hall–Kier alpha value is -2.56. The van der Waals surface area contributed by atoms with Crippen LogP contribution >= 0.6 is 7.82 Å². The number of ether oxygens (including phenoxy) is 3. The summed E-state index contributed by atoms with van der Waals surface area (Å²) in [6.07, 6.45) is 57.8. The number of phosphoric ester groups is 1. The van der Waals surface area contributed by atoms with E-state index >= 15 is 0 Å². The zero-order chi connectivity index (χ0) is 52.7. The Morgan fingerprint density at radius 2 is 0.722 bits per heavy atom. The molecule has 0 aromatic heterocycles. The van der Waals surface area contributed by atoms with Crippen LogP contribution in [-0.2, 0) is 42.2 Å². The average molecular weight is 1040 g/mol. The molecule has 0 saturated carbocycles. The summed E-state index contributed by atoms with van der Waals surface area (Å²) in [5, 5.41) is 9.81. The molecule has 0 aromatic carbocycles. The lowest BCUT2D eigenvalue weighted by atomic mass is 10.0. The first-order valence-electron chi connectivity index (χ1n) is 29.5. The summed E-state index contributed by atoms with van der Waals surface area (Å²) in [6, 6.07) is 0. The Balaban J connectivity index is 4.71. The molecule has 3 unspecified atom stereocenters. The summed E-state index contributed by atoms with van der Waals surface area (Å²) in [5.74, 6) is -1.46. The third-order valence-electron chi connectivity index (χ3n) is 12.8.